The Morgan fingerprint density at radius 1 is 0.279 bits per heavy atom. The van der Waals surface area contributed by atoms with Crippen LogP contribution in [0.2, 0.25) is 0 Å². The minimum absolute atomic E-state index is 1.06. The lowest BCUT2D eigenvalue weighted by Crippen LogP contribution is -1.94. The van der Waals surface area contributed by atoms with Gasteiger partial charge < -0.3 is 5.32 Å². The van der Waals surface area contributed by atoms with Crippen molar-refractivity contribution in [2.45, 2.75) is 0 Å². The lowest BCUT2D eigenvalue weighted by Gasteiger charge is -2.16. The van der Waals surface area contributed by atoms with Crippen molar-refractivity contribution in [2.24, 2.45) is 0 Å². The second-order valence-corrected chi connectivity index (χ2v) is 11.0. The average Bonchev–Trinajstić information content (AvgIpc) is 3.08. The van der Waals surface area contributed by atoms with E-state index in [9.17, 15) is 0 Å². The zero-order valence-corrected chi connectivity index (χ0v) is 23.7. The summed E-state index contributed by atoms with van der Waals surface area (Å²) in [4.78, 5) is 0. The minimum Gasteiger partial charge on any atom is -0.355 e. The molecule has 1 N–H and O–H groups in total. The molecule has 0 unspecified atom stereocenters. The molecule has 0 saturated carbocycles. The van der Waals surface area contributed by atoms with Gasteiger partial charge in [0, 0.05) is 16.9 Å². The van der Waals surface area contributed by atoms with E-state index in [0.29, 0.717) is 0 Å². The van der Waals surface area contributed by atoms with Crippen molar-refractivity contribution < 1.29 is 0 Å². The van der Waals surface area contributed by atoms with Crippen molar-refractivity contribution in [2.75, 3.05) is 5.32 Å². The molecule has 0 aromatic heterocycles. The van der Waals surface area contributed by atoms with Gasteiger partial charge in [0.1, 0.15) is 0 Å². The normalized spacial score (nSPS) is 11.3. The Hall–Kier alpha value is -5.66. The van der Waals surface area contributed by atoms with E-state index < -0.39 is 0 Å². The van der Waals surface area contributed by atoms with Crippen LogP contribution in [0.25, 0.3) is 65.7 Å². The van der Waals surface area contributed by atoms with Crippen molar-refractivity contribution in [3.63, 3.8) is 0 Å². The van der Waals surface area contributed by atoms with Crippen LogP contribution in [0.4, 0.5) is 11.4 Å². The SMILES string of the molecule is c1ccc(-c2ccc(-c3ccc(Nc4ccccc4-c4cccc5c4ccc4ccccc45)cc3)c3ccccc23)cc1. The van der Waals surface area contributed by atoms with Crippen LogP contribution >= 0.6 is 0 Å². The van der Waals surface area contributed by atoms with E-state index in [1.54, 1.807) is 0 Å². The maximum Gasteiger partial charge on any atom is 0.0464 e. The van der Waals surface area contributed by atoms with Gasteiger partial charge in [-0.05, 0) is 78.3 Å². The first-order valence-corrected chi connectivity index (χ1v) is 14.8. The van der Waals surface area contributed by atoms with Gasteiger partial charge in [-0.2, -0.15) is 0 Å². The Balaban J connectivity index is 1.15. The molecule has 0 amide bonds. The van der Waals surface area contributed by atoms with Gasteiger partial charge in [-0.3, -0.25) is 0 Å². The fourth-order valence-electron chi connectivity index (χ4n) is 6.41. The summed E-state index contributed by atoms with van der Waals surface area (Å²) in [6.07, 6.45) is 0. The van der Waals surface area contributed by atoms with Crippen LogP contribution < -0.4 is 5.32 Å². The molecule has 202 valence electrons. The third-order valence-corrected chi connectivity index (χ3v) is 8.49. The maximum absolute atomic E-state index is 3.72. The topological polar surface area (TPSA) is 12.0 Å². The van der Waals surface area contributed by atoms with Crippen LogP contribution in [0.15, 0.2) is 170 Å². The van der Waals surface area contributed by atoms with Gasteiger partial charge in [-0.15, -0.1) is 0 Å². The number of anilines is 2. The van der Waals surface area contributed by atoms with Gasteiger partial charge in [0.15, 0.2) is 0 Å². The van der Waals surface area contributed by atoms with E-state index in [1.807, 2.05) is 0 Å². The number of benzene rings is 8. The fraction of sp³-hybridized carbons (Fsp3) is 0. The molecule has 0 fully saturated rings. The Kier molecular flexibility index (Phi) is 6.20. The van der Waals surface area contributed by atoms with Crippen LogP contribution in [-0.4, -0.2) is 0 Å². The molecule has 1 nitrogen and oxygen atoms in total. The number of hydrogen-bond acceptors (Lipinski definition) is 1. The molecular formula is C42H29N. The highest BCUT2D eigenvalue weighted by Gasteiger charge is 2.12. The Bertz CT molecular complexity index is 2250. The van der Waals surface area contributed by atoms with Crippen molar-refractivity contribution in [1.29, 1.82) is 0 Å². The summed E-state index contributed by atoms with van der Waals surface area (Å²) in [5.41, 5.74) is 9.52. The van der Waals surface area contributed by atoms with Gasteiger partial charge in [0.05, 0.1) is 0 Å². The van der Waals surface area contributed by atoms with Crippen LogP contribution in [-0.2, 0) is 0 Å². The molecule has 0 heterocycles. The van der Waals surface area contributed by atoms with Gasteiger partial charge in [-0.25, -0.2) is 0 Å². The smallest absolute Gasteiger partial charge is 0.0464 e. The number of fused-ring (bicyclic) bond motifs is 4. The molecule has 0 saturated heterocycles. The largest absolute Gasteiger partial charge is 0.355 e. The lowest BCUT2D eigenvalue weighted by molar-refractivity contribution is 1.54. The van der Waals surface area contributed by atoms with Crippen molar-refractivity contribution in [3.8, 4) is 33.4 Å². The molecule has 8 rings (SSSR count). The molecule has 0 aliphatic carbocycles. The highest BCUT2D eigenvalue weighted by molar-refractivity contribution is 6.13. The summed E-state index contributed by atoms with van der Waals surface area (Å²) in [6, 6.07) is 61.0. The summed E-state index contributed by atoms with van der Waals surface area (Å²) in [6.45, 7) is 0. The van der Waals surface area contributed by atoms with Crippen molar-refractivity contribution >= 4 is 43.7 Å². The van der Waals surface area contributed by atoms with E-state index >= 15 is 0 Å². The van der Waals surface area contributed by atoms with E-state index in [1.165, 1.54) is 65.7 Å². The highest BCUT2D eigenvalue weighted by atomic mass is 14.9. The van der Waals surface area contributed by atoms with Crippen LogP contribution in [0.5, 0.6) is 0 Å². The summed E-state index contributed by atoms with van der Waals surface area (Å²) in [5, 5.41) is 11.3. The van der Waals surface area contributed by atoms with E-state index in [2.05, 4.69) is 175 Å². The Morgan fingerprint density at radius 2 is 0.837 bits per heavy atom. The second-order valence-electron chi connectivity index (χ2n) is 11.0. The molecule has 1 heteroatoms. The number of rotatable bonds is 5. The quantitative estimate of drug-likeness (QED) is 0.211. The van der Waals surface area contributed by atoms with Crippen molar-refractivity contribution in [1.82, 2.24) is 0 Å². The maximum atomic E-state index is 3.72. The number of nitrogens with one attached hydrogen (secondary N) is 1. The molecule has 0 aliphatic rings. The summed E-state index contributed by atoms with van der Waals surface area (Å²) in [7, 11) is 0. The van der Waals surface area contributed by atoms with Gasteiger partial charge >= 0.3 is 0 Å². The Morgan fingerprint density at radius 3 is 1.60 bits per heavy atom. The molecule has 0 radical (unpaired) electrons. The molecule has 0 aliphatic heterocycles. The summed E-state index contributed by atoms with van der Waals surface area (Å²) >= 11 is 0. The first-order valence-electron chi connectivity index (χ1n) is 14.8. The molecule has 8 aromatic carbocycles. The Labute approximate surface area is 251 Å². The highest BCUT2D eigenvalue weighted by Crippen LogP contribution is 2.39. The first kappa shape index (κ1) is 25.1. The lowest BCUT2D eigenvalue weighted by atomic mass is 9.92. The van der Waals surface area contributed by atoms with E-state index in [4.69, 9.17) is 0 Å². The zero-order valence-electron chi connectivity index (χ0n) is 23.7. The van der Waals surface area contributed by atoms with Crippen LogP contribution in [0.1, 0.15) is 0 Å². The monoisotopic (exact) mass is 547 g/mol. The third kappa shape index (κ3) is 4.52. The fourth-order valence-corrected chi connectivity index (χ4v) is 6.41. The first-order chi connectivity index (χ1) is 21.3. The standard InChI is InChI=1S/C42H29N/c1-2-11-29(12-3-1)34-27-28-35(37-16-7-6-15-36(34)37)31-21-24-32(25-22-31)43-42-20-9-8-17-41(42)39-19-10-18-38-33-14-5-4-13-30(33)23-26-40(38)39/h1-28,43H. The van der Waals surface area contributed by atoms with Crippen LogP contribution in [0.3, 0.4) is 0 Å². The zero-order chi connectivity index (χ0) is 28.6. The second kappa shape index (κ2) is 10.6. The van der Waals surface area contributed by atoms with Crippen LogP contribution in [0, 0.1) is 0 Å². The van der Waals surface area contributed by atoms with Gasteiger partial charge in [0.2, 0.25) is 0 Å². The molecule has 0 atom stereocenters. The molecule has 0 bridgehead atoms. The molecular weight excluding hydrogens is 518 g/mol. The molecule has 0 spiro atoms. The van der Waals surface area contributed by atoms with E-state index in [0.717, 1.165) is 11.4 Å². The third-order valence-electron chi connectivity index (χ3n) is 8.49. The molecule has 8 aromatic rings. The van der Waals surface area contributed by atoms with Crippen molar-refractivity contribution in [3.05, 3.63) is 170 Å². The number of para-hydroxylation sites is 1. The van der Waals surface area contributed by atoms with E-state index in [-0.39, 0.29) is 0 Å². The average molecular weight is 548 g/mol. The minimum atomic E-state index is 1.06. The predicted octanol–water partition coefficient (Wildman–Crippen LogP) is 11.9. The van der Waals surface area contributed by atoms with Gasteiger partial charge in [0.25, 0.3) is 0 Å². The molecule has 43 heavy (non-hydrogen) atoms. The summed E-state index contributed by atoms with van der Waals surface area (Å²) < 4.78 is 0. The summed E-state index contributed by atoms with van der Waals surface area (Å²) in [5.74, 6) is 0. The predicted molar refractivity (Wildman–Crippen MR) is 185 cm³/mol. The number of hydrogen-bond donors (Lipinski definition) is 1. The van der Waals surface area contributed by atoms with Gasteiger partial charge in [-0.1, -0.05) is 152 Å².